The molecule has 0 rings (SSSR count). The number of hydrogen-bond acceptors (Lipinski definition) is 3. The topological polar surface area (TPSA) is 64.3 Å². The predicted molar refractivity (Wildman–Crippen MR) is 75.4 cm³/mol. The van der Waals surface area contributed by atoms with Crippen molar-refractivity contribution >= 4 is 5.91 Å². The first-order chi connectivity index (χ1) is 8.25. The first-order valence-electron chi connectivity index (χ1n) is 6.95. The van der Waals surface area contributed by atoms with E-state index in [1.807, 2.05) is 34.6 Å². The van der Waals surface area contributed by atoms with Gasteiger partial charge in [-0.1, -0.05) is 20.8 Å². The largest absolute Gasteiger partial charge is 0.361 e. The number of nitrogens with two attached hydrogens (primary N) is 1. The molecule has 4 nitrogen and oxygen atoms in total. The van der Waals surface area contributed by atoms with Crippen molar-refractivity contribution < 1.29 is 9.53 Å². The maximum atomic E-state index is 12.1. The second kappa shape index (κ2) is 7.10. The van der Waals surface area contributed by atoms with E-state index in [1.165, 1.54) is 0 Å². The van der Waals surface area contributed by atoms with E-state index >= 15 is 0 Å². The Bertz CT molecular complexity index is 252. The van der Waals surface area contributed by atoms with E-state index in [9.17, 15) is 4.79 Å². The molecule has 0 saturated carbocycles. The van der Waals surface area contributed by atoms with Crippen LogP contribution in [0.2, 0.25) is 0 Å². The highest BCUT2D eigenvalue weighted by molar-refractivity contribution is 5.81. The van der Waals surface area contributed by atoms with Crippen LogP contribution in [0.15, 0.2) is 0 Å². The number of ether oxygens (including phenoxy) is 1. The van der Waals surface area contributed by atoms with Gasteiger partial charge in [0.05, 0.1) is 5.60 Å². The van der Waals surface area contributed by atoms with E-state index in [-0.39, 0.29) is 17.0 Å². The Balaban J connectivity index is 4.57. The SMILES string of the molecule is CCC(C)(C)NC(=O)C(C)OC(CC)(CC)CN. The van der Waals surface area contributed by atoms with Gasteiger partial charge in [-0.05, 0) is 40.0 Å². The fraction of sp³-hybridized carbons (Fsp3) is 0.929. The van der Waals surface area contributed by atoms with Gasteiger partial charge >= 0.3 is 0 Å². The maximum absolute atomic E-state index is 12.1. The second-order valence-corrected chi connectivity index (χ2v) is 5.58. The molecule has 1 amide bonds. The Hall–Kier alpha value is -0.610. The lowest BCUT2D eigenvalue weighted by Crippen LogP contribution is -2.51. The molecule has 0 aliphatic carbocycles. The highest BCUT2D eigenvalue weighted by atomic mass is 16.5. The van der Waals surface area contributed by atoms with Crippen molar-refractivity contribution in [2.75, 3.05) is 6.54 Å². The minimum Gasteiger partial charge on any atom is -0.361 e. The molecule has 0 bridgehead atoms. The van der Waals surface area contributed by atoms with E-state index < -0.39 is 6.10 Å². The van der Waals surface area contributed by atoms with Gasteiger partial charge in [0, 0.05) is 12.1 Å². The lowest BCUT2D eigenvalue weighted by molar-refractivity contribution is -0.147. The van der Waals surface area contributed by atoms with Crippen molar-refractivity contribution in [3.05, 3.63) is 0 Å². The van der Waals surface area contributed by atoms with Crippen LogP contribution in [0.3, 0.4) is 0 Å². The van der Waals surface area contributed by atoms with Gasteiger partial charge in [0.2, 0.25) is 5.91 Å². The quantitative estimate of drug-likeness (QED) is 0.701. The molecule has 18 heavy (non-hydrogen) atoms. The summed E-state index contributed by atoms with van der Waals surface area (Å²) in [6.07, 6.45) is 2.04. The van der Waals surface area contributed by atoms with E-state index in [0.717, 1.165) is 19.3 Å². The van der Waals surface area contributed by atoms with Crippen molar-refractivity contribution in [2.45, 2.75) is 78.0 Å². The first-order valence-corrected chi connectivity index (χ1v) is 6.95. The second-order valence-electron chi connectivity index (χ2n) is 5.58. The third-order valence-corrected chi connectivity index (χ3v) is 3.80. The lowest BCUT2D eigenvalue weighted by Gasteiger charge is -2.34. The van der Waals surface area contributed by atoms with Crippen LogP contribution in [0.4, 0.5) is 0 Å². The van der Waals surface area contributed by atoms with Gasteiger partial charge in [-0.2, -0.15) is 0 Å². The van der Waals surface area contributed by atoms with Gasteiger partial charge in [0.25, 0.3) is 0 Å². The van der Waals surface area contributed by atoms with Crippen LogP contribution < -0.4 is 11.1 Å². The lowest BCUT2D eigenvalue weighted by atomic mass is 9.97. The van der Waals surface area contributed by atoms with Crippen molar-refractivity contribution in [3.63, 3.8) is 0 Å². The minimum atomic E-state index is -0.473. The first kappa shape index (κ1) is 17.4. The highest BCUT2D eigenvalue weighted by Gasteiger charge is 2.31. The summed E-state index contributed by atoms with van der Waals surface area (Å²) >= 11 is 0. The Morgan fingerprint density at radius 3 is 2.06 bits per heavy atom. The fourth-order valence-electron chi connectivity index (χ4n) is 1.71. The van der Waals surface area contributed by atoms with E-state index in [1.54, 1.807) is 6.92 Å². The van der Waals surface area contributed by atoms with Crippen LogP contribution in [-0.4, -0.2) is 29.7 Å². The van der Waals surface area contributed by atoms with Crippen LogP contribution in [0.1, 0.15) is 60.8 Å². The number of nitrogens with one attached hydrogen (secondary N) is 1. The molecule has 0 aliphatic heterocycles. The van der Waals surface area contributed by atoms with Gasteiger partial charge < -0.3 is 15.8 Å². The van der Waals surface area contributed by atoms with Gasteiger partial charge in [-0.3, -0.25) is 4.79 Å². The van der Waals surface area contributed by atoms with Gasteiger partial charge in [-0.25, -0.2) is 0 Å². The summed E-state index contributed by atoms with van der Waals surface area (Å²) in [5.74, 6) is -0.0680. The molecule has 1 unspecified atom stereocenters. The standard InChI is InChI=1S/C14H30N2O2/c1-7-13(5,6)16-12(17)11(4)18-14(8-2,9-3)10-15/h11H,7-10,15H2,1-6H3,(H,16,17). The molecule has 0 aromatic rings. The van der Waals surface area contributed by atoms with Crippen LogP contribution in [0, 0.1) is 0 Å². The number of rotatable bonds is 8. The van der Waals surface area contributed by atoms with Crippen LogP contribution in [0.25, 0.3) is 0 Å². The Labute approximate surface area is 112 Å². The van der Waals surface area contributed by atoms with E-state index in [4.69, 9.17) is 10.5 Å². The summed E-state index contributed by atoms with van der Waals surface area (Å²) in [5.41, 5.74) is 5.20. The third-order valence-electron chi connectivity index (χ3n) is 3.80. The Morgan fingerprint density at radius 1 is 1.22 bits per heavy atom. The molecule has 0 radical (unpaired) electrons. The fourth-order valence-corrected chi connectivity index (χ4v) is 1.71. The highest BCUT2D eigenvalue weighted by Crippen LogP contribution is 2.21. The van der Waals surface area contributed by atoms with Crippen molar-refractivity contribution in [1.82, 2.24) is 5.32 Å². The monoisotopic (exact) mass is 258 g/mol. The zero-order valence-corrected chi connectivity index (χ0v) is 12.8. The zero-order chi connectivity index (χ0) is 14.4. The molecule has 4 heteroatoms. The molecule has 0 saturated heterocycles. The predicted octanol–water partition coefficient (Wildman–Crippen LogP) is 2.21. The molecular weight excluding hydrogens is 228 g/mol. The smallest absolute Gasteiger partial charge is 0.249 e. The summed E-state index contributed by atoms with van der Waals surface area (Å²) in [7, 11) is 0. The van der Waals surface area contributed by atoms with Crippen molar-refractivity contribution in [3.8, 4) is 0 Å². The average Bonchev–Trinajstić information content (AvgIpc) is 2.35. The third kappa shape index (κ3) is 4.94. The number of hydrogen-bond donors (Lipinski definition) is 2. The summed E-state index contributed by atoms with van der Waals surface area (Å²) in [6.45, 7) is 12.4. The molecule has 1 atom stereocenters. The van der Waals surface area contributed by atoms with Crippen molar-refractivity contribution in [2.24, 2.45) is 5.73 Å². The number of carbonyl (C=O) groups excluding carboxylic acids is 1. The number of amides is 1. The molecule has 0 aromatic heterocycles. The summed E-state index contributed by atoms with van der Waals surface area (Å²) in [4.78, 5) is 12.1. The molecule has 0 fully saturated rings. The molecule has 3 N–H and O–H groups in total. The zero-order valence-electron chi connectivity index (χ0n) is 12.8. The van der Waals surface area contributed by atoms with Crippen molar-refractivity contribution in [1.29, 1.82) is 0 Å². The van der Waals surface area contributed by atoms with Crippen LogP contribution >= 0.6 is 0 Å². The van der Waals surface area contributed by atoms with Crippen LogP contribution in [0.5, 0.6) is 0 Å². The van der Waals surface area contributed by atoms with Gasteiger partial charge in [-0.15, -0.1) is 0 Å². The molecule has 0 spiro atoms. The molecular formula is C14H30N2O2. The average molecular weight is 258 g/mol. The summed E-state index contributed by atoms with van der Waals surface area (Å²) in [6, 6.07) is 0. The van der Waals surface area contributed by atoms with Crippen LogP contribution in [-0.2, 0) is 9.53 Å². The van der Waals surface area contributed by atoms with E-state index in [0.29, 0.717) is 6.54 Å². The normalized spacial score (nSPS) is 14.4. The maximum Gasteiger partial charge on any atom is 0.249 e. The Morgan fingerprint density at radius 2 is 1.72 bits per heavy atom. The van der Waals surface area contributed by atoms with Gasteiger partial charge in [0.1, 0.15) is 6.10 Å². The molecule has 0 aromatic carbocycles. The molecule has 0 heterocycles. The van der Waals surface area contributed by atoms with Gasteiger partial charge in [0.15, 0.2) is 0 Å². The minimum absolute atomic E-state index is 0.0680. The molecule has 108 valence electrons. The summed E-state index contributed by atoms with van der Waals surface area (Å²) in [5, 5.41) is 3.00. The summed E-state index contributed by atoms with van der Waals surface area (Å²) < 4.78 is 5.90. The number of carbonyl (C=O) groups is 1. The Kier molecular flexibility index (Phi) is 6.86. The molecule has 0 aliphatic rings. The van der Waals surface area contributed by atoms with E-state index in [2.05, 4.69) is 5.32 Å².